The van der Waals surface area contributed by atoms with Crippen LogP contribution in [0.1, 0.15) is 58.8 Å². The molecule has 0 aromatic carbocycles. The second kappa shape index (κ2) is 7.51. The summed E-state index contributed by atoms with van der Waals surface area (Å²) in [5, 5.41) is 9.19. The van der Waals surface area contributed by atoms with Crippen LogP contribution in [0.3, 0.4) is 0 Å². The van der Waals surface area contributed by atoms with Crippen LogP contribution in [0.15, 0.2) is 0 Å². The van der Waals surface area contributed by atoms with Gasteiger partial charge in [-0.25, -0.2) is 0 Å². The molecule has 0 spiro atoms. The van der Waals surface area contributed by atoms with E-state index in [1.807, 2.05) is 20.9 Å². The molecule has 1 atom stereocenters. The molecule has 0 heterocycles. The van der Waals surface area contributed by atoms with Crippen molar-refractivity contribution >= 4 is 11.9 Å². The van der Waals surface area contributed by atoms with Crippen molar-refractivity contribution in [3.05, 3.63) is 0 Å². The Hall–Kier alpha value is -1.06. The molecular formula is C15H27NO3. The zero-order valence-corrected chi connectivity index (χ0v) is 12.4. The van der Waals surface area contributed by atoms with E-state index in [0.29, 0.717) is 18.4 Å². The van der Waals surface area contributed by atoms with Gasteiger partial charge in [0.2, 0.25) is 5.91 Å². The predicted molar refractivity (Wildman–Crippen MR) is 74.8 cm³/mol. The van der Waals surface area contributed by atoms with Gasteiger partial charge in [-0.1, -0.05) is 33.1 Å². The Labute approximate surface area is 116 Å². The molecule has 1 amide bonds. The summed E-state index contributed by atoms with van der Waals surface area (Å²) in [5.41, 5.74) is 0. The fourth-order valence-electron chi connectivity index (χ4n) is 2.87. The summed E-state index contributed by atoms with van der Waals surface area (Å²) in [5.74, 6) is -1.11. The van der Waals surface area contributed by atoms with Crippen molar-refractivity contribution in [2.24, 2.45) is 11.8 Å². The average Bonchev–Trinajstić information content (AvgIpc) is 2.37. The molecule has 4 heteroatoms. The molecule has 1 N–H and O–H groups in total. The standard InChI is InChI=1S/C15H27NO3/c1-11(2)9-12(15(18)19)10-14(17)16(3)13-7-5-4-6-8-13/h11-13H,4-10H2,1-3H3,(H,18,19)/t12-/m0/s1. The average molecular weight is 269 g/mol. The van der Waals surface area contributed by atoms with Crippen LogP contribution < -0.4 is 0 Å². The molecule has 1 aliphatic rings. The third kappa shape index (κ3) is 5.21. The number of amides is 1. The number of nitrogens with zero attached hydrogens (tertiary/aromatic N) is 1. The molecule has 0 bridgehead atoms. The Balaban J connectivity index is 2.52. The quantitative estimate of drug-likeness (QED) is 0.806. The largest absolute Gasteiger partial charge is 0.481 e. The number of rotatable bonds is 6. The van der Waals surface area contributed by atoms with Gasteiger partial charge in [0, 0.05) is 19.5 Å². The fourth-order valence-corrected chi connectivity index (χ4v) is 2.87. The minimum absolute atomic E-state index is 0.0139. The van der Waals surface area contributed by atoms with E-state index in [2.05, 4.69) is 0 Å². The second-order valence-corrected chi connectivity index (χ2v) is 6.17. The van der Waals surface area contributed by atoms with E-state index in [9.17, 15) is 14.7 Å². The van der Waals surface area contributed by atoms with Crippen molar-refractivity contribution in [1.29, 1.82) is 0 Å². The van der Waals surface area contributed by atoms with Gasteiger partial charge >= 0.3 is 5.97 Å². The van der Waals surface area contributed by atoms with Crippen LogP contribution in [0.25, 0.3) is 0 Å². The Morgan fingerprint density at radius 2 is 1.79 bits per heavy atom. The highest BCUT2D eigenvalue weighted by Crippen LogP contribution is 2.24. The molecule has 1 saturated carbocycles. The predicted octanol–water partition coefficient (Wildman–Crippen LogP) is 2.91. The number of carbonyl (C=O) groups is 2. The van der Waals surface area contributed by atoms with E-state index in [1.54, 1.807) is 4.90 Å². The molecule has 0 aromatic rings. The SMILES string of the molecule is CC(C)C[C@@H](CC(=O)N(C)C1CCCCC1)C(=O)O. The van der Waals surface area contributed by atoms with Gasteiger partial charge in [0.1, 0.15) is 0 Å². The maximum atomic E-state index is 12.2. The third-order valence-electron chi connectivity index (χ3n) is 4.04. The first kappa shape index (κ1) is 16.0. The molecule has 0 unspecified atom stereocenters. The van der Waals surface area contributed by atoms with Gasteiger partial charge in [-0.15, -0.1) is 0 Å². The van der Waals surface area contributed by atoms with E-state index < -0.39 is 11.9 Å². The minimum Gasteiger partial charge on any atom is -0.481 e. The van der Waals surface area contributed by atoms with Crippen molar-refractivity contribution < 1.29 is 14.7 Å². The summed E-state index contributed by atoms with van der Waals surface area (Å²) in [6.45, 7) is 3.98. The second-order valence-electron chi connectivity index (χ2n) is 6.17. The van der Waals surface area contributed by atoms with Crippen LogP contribution in [0.4, 0.5) is 0 Å². The molecule has 1 fully saturated rings. The summed E-state index contributed by atoms with van der Waals surface area (Å²) >= 11 is 0. The van der Waals surface area contributed by atoms with Crippen LogP contribution in [0.2, 0.25) is 0 Å². The van der Waals surface area contributed by atoms with Crippen LogP contribution >= 0.6 is 0 Å². The van der Waals surface area contributed by atoms with Gasteiger partial charge in [-0.05, 0) is 25.2 Å². The lowest BCUT2D eigenvalue weighted by Gasteiger charge is -2.32. The van der Waals surface area contributed by atoms with Crippen molar-refractivity contribution in [1.82, 2.24) is 4.90 Å². The van der Waals surface area contributed by atoms with Gasteiger partial charge in [-0.2, -0.15) is 0 Å². The zero-order valence-electron chi connectivity index (χ0n) is 12.4. The van der Waals surface area contributed by atoms with Crippen molar-refractivity contribution in [3.63, 3.8) is 0 Å². The number of hydrogen-bond donors (Lipinski definition) is 1. The Morgan fingerprint density at radius 1 is 1.21 bits per heavy atom. The summed E-state index contributed by atoms with van der Waals surface area (Å²) in [4.78, 5) is 25.2. The van der Waals surface area contributed by atoms with Crippen molar-refractivity contribution in [2.75, 3.05) is 7.05 Å². The molecule has 0 radical (unpaired) electrons. The van der Waals surface area contributed by atoms with Crippen LogP contribution in [-0.2, 0) is 9.59 Å². The van der Waals surface area contributed by atoms with Crippen molar-refractivity contribution in [3.8, 4) is 0 Å². The van der Waals surface area contributed by atoms with Crippen LogP contribution in [0.5, 0.6) is 0 Å². The van der Waals surface area contributed by atoms with E-state index >= 15 is 0 Å². The van der Waals surface area contributed by atoms with Crippen LogP contribution in [0, 0.1) is 11.8 Å². The first-order valence-corrected chi connectivity index (χ1v) is 7.40. The Morgan fingerprint density at radius 3 is 2.26 bits per heavy atom. The number of carboxylic acids is 1. The van der Waals surface area contributed by atoms with Gasteiger partial charge in [0.05, 0.1) is 5.92 Å². The topological polar surface area (TPSA) is 57.6 Å². The fraction of sp³-hybridized carbons (Fsp3) is 0.867. The maximum Gasteiger partial charge on any atom is 0.307 e. The summed E-state index contributed by atoms with van der Waals surface area (Å²) in [6, 6.07) is 0.315. The molecule has 19 heavy (non-hydrogen) atoms. The monoisotopic (exact) mass is 269 g/mol. The normalized spacial score (nSPS) is 18.3. The molecule has 0 aromatic heterocycles. The molecule has 110 valence electrons. The smallest absolute Gasteiger partial charge is 0.307 e. The van der Waals surface area contributed by atoms with Crippen molar-refractivity contribution in [2.45, 2.75) is 64.8 Å². The highest BCUT2D eigenvalue weighted by Gasteiger charge is 2.27. The lowest BCUT2D eigenvalue weighted by Crippen LogP contribution is -2.39. The number of carboxylic acid groups (broad SMARTS) is 1. The first-order chi connectivity index (χ1) is 8.91. The maximum absolute atomic E-state index is 12.2. The molecule has 1 rings (SSSR count). The molecule has 0 aliphatic heterocycles. The minimum atomic E-state index is -0.848. The van der Waals surface area contributed by atoms with Gasteiger partial charge in [0.15, 0.2) is 0 Å². The lowest BCUT2D eigenvalue weighted by atomic mass is 9.91. The Bertz CT molecular complexity index is 309. The lowest BCUT2D eigenvalue weighted by molar-refractivity contribution is -0.147. The molecule has 0 saturated heterocycles. The van der Waals surface area contributed by atoms with E-state index in [0.717, 1.165) is 12.8 Å². The molecular weight excluding hydrogens is 242 g/mol. The van der Waals surface area contributed by atoms with Crippen LogP contribution in [-0.4, -0.2) is 35.0 Å². The molecule has 1 aliphatic carbocycles. The first-order valence-electron chi connectivity index (χ1n) is 7.40. The Kier molecular flexibility index (Phi) is 6.32. The summed E-state index contributed by atoms with van der Waals surface area (Å²) in [7, 11) is 1.83. The van der Waals surface area contributed by atoms with E-state index in [-0.39, 0.29) is 12.3 Å². The van der Waals surface area contributed by atoms with Gasteiger partial charge < -0.3 is 10.0 Å². The number of hydrogen-bond acceptors (Lipinski definition) is 2. The number of carbonyl (C=O) groups excluding carboxylic acids is 1. The zero-order chi connectivity index (χ0) is 14.4. The van der Waals surface area contributed by atoms with Gasteiger partial charge in [-0.3, -0.25) is 9.59 Å². The highest BCUT2D eigenvalue weighted by atomic mass is 16.4. The summed E-state index contributed by atoms with van der Waals surface area (Å²) < 4.78 is 0. The third-order valence-corrected chi connectivity index (χ3v) is 4.04. The van der Waals surface area contributed by atoms with E-state index in [4.69, 9.17) is 0 Å². The number of aliphatic carboxylic acids is 1. The highest BCUT2D eigenvalue weighted by molar-refractivity contribution is 5.82. The van der Waals surface area contributed by atoms with Gasteiger partial charge in [0.25, 0.3) is 0 Å². The van der Waals surface area contributed by atoms with E-state index in [1.165, 1.54) is 19.3 Å². The molecule has 4 nitrogen and oxygen atoms in total. The summed E-state index contributed by atoms with van der Waals surface area (Å²) in [6.07, 6.45) is 6.44.